The van der Waals surface area contributed by atoms with Crippen molar-refractivity contribution in [1.29, 1.82) is 0 Å². The topological polar surface area (TPSA) is 78.1 Å². The zero-order valence-electron chi connectivity index (χ0n) is 16.3. The SMILES string of the molecule is CC(C)c1ccc(OCCN=C(N)Nc2ccc3c(c2)OCCCO3)cc1.I. The second kappa shape index (κ2) is 11.0. The van der Waals surface area contributed by atoms with Gasteiger partial charge in [0.1, 0.15) is 12.4 Å². The van der Waals surface area contributed by atoms with Crippen LogP contribution in [-0.2, 0) is 0 Å². The van der Waals surface area contributed by atoms with Crippen molar-refractivity contribution in [3.8, 4) is 17.2 Å². The predicted molar refractivity (Wildman–Crippen MR) is 124 cm³/mol. The van der Waals surface area contributed by atoms with Crippen LogP contribution >= 0.6 is 24.0 Å². The Labute approximate surface area is 183 Å². The maximum absolute atomic E-state index is 5.96. The largest absolute Gasteiger partial charge is 0.492 e. The van der Waals surface area contributed by atoms with Crippen molar-refractivity contribution < 1.29 is 14.2 Å². The molecule has 2 aromatic carbocycles. The van der Waals surface area contributed by atoms with Crippen LogP contribution in [-0.4, -0.2) is 32.3 Å². The number of nitrogens with two attached hydrogens (primary N) is 1. The van der Waals surface area contributed by atoms with Crippen molar-refractivity contribution in [2.75, 3.05) is 31.7 Å². The van der Waals surface area contributed by atoms with E-state index in [0.717, 1.165) is 29.4 Å². The lowest BCUT2D eigenvalue weighted by Crippen LogP contribution is -2.23. The minimum atomic E-state index is 0. The van der Waals surface area contributed by atoms with Gasteiger partial charge in [0.2, 0.25) is 0 Å². The van der Waals surface area contributed by atoms with E-state index in [0.29, 0.717) is 38.2 Å². The second-order valence-corrected chi connectivity index (χ2v) is 6.68. The summed E-state index contributed by atoms with van der Waals surface area (Å²) >= 11 is 0. The summed E-state index contributed by atoms with van der Waals surface area (Å²) in [4.78, 5) is 4.30. The van der Waals surface area contributed by atoms with E-state index in [1.54, 1.807) is 0 Å². The highest BCUT2D eigenvalue weighted by Gasteiger charge is 2.10. The number of guanidine groups is 1. The number of halogens is 1. The molecule has 2 aromatic rings. The first-order chi connectivity index (χ1) is 13.1. The molecule has 0 aliphatic carbocycles. The number of benzene rings is 2. The van der Waals surface area contributed by atoms with Gasteiger partial charge >= 0.3 is 0 Å². The first-order valence-corrected chi connectivity index (χ1v) is 9.31. The summed E-state index contributed by atoms with van der Waals surface area (Å²) in [6.07, 6.45) is 0.876. The van der Waals surface area contributed by atoms with Crippen molar-refractivity contribution in [3.05, 3.63) is 48.0 Å². The number of aliphatic imine (C=N–C) groups is 1. The summed E-state index contributed by atoms with van der Waals surface area (Å²) < 4.78 is 17.0. The molecule has 0 atom stereocenters. The standard InChI is InChI=1S/C21H27N3O3.HI/c1-15(2)16-4-7-18(8-5-16)25-13-10-23-21(22)24-17-6-9-19-20(14-17)27-12-3-11-26-19;/h4-9,14-15H,3,10-13H2,1-2H3,(H3,22,23,24);1H. The Morgan fingerprint density at radius 1 is 1.11 bits per heavy atom. The quantitative estimate of drug-likeness (QED) is 0.268. The summed E-state index contributed by atoms with van der Waals surface area (Å²) in [6.45, 7) is 6.59. The molecule has 152 valence electrons. The first-order valence-electron chi connectivity index (χ1n) is 9.31. The maximum atomic E-state index is 5.96. The van der Waals surface area contributed by atoms with Gasteiger partial charge in [0, 0.05) is 18.2 Å². The third-order valence-electron chi connectivity index (χ3n) is 4.21. The maximum Gasteiger partial charge on any atom is 0.193 e. The molecule has 1 heterocycles. The molecule has 0 aromatic heterocycles. The van der Waals surface area contributed by atoms with Gasteiger partial charge in [-0.2, -0.15) is 0 Å². The van der Waals surface area contributed by atoms with Crippen LogP contribution in [0.2, 0.25) is 0 Å². The predicted octanol–water partition coefficient (Wildman–Crippen LogP) is 4.39. The Balaban J connectivity index is 0.00000280. The number of ether oxygens (including phenoxy) is 3. The molecule has 0 amide bonds. The number of hydrogen-bond acceptors (Lipinski definition) is 4. The van der Waals surface area contributed by atoms with E-state index in [-0.39, 0.29) is 24.0 Å². The van der Waals surface area contributed by atoms with Crippen LogP contribution in [0.3, 0.4) is 0 Å². The van der Waals surface area contributed by atoms with E-state index in [9.17, 15) is 0 Å². The Morgan fingerprint density at radius 2 is 1.82 bits per heavy atom. The van der Waals surface area contributed by atoms with Gasteiger partial charge < -0.3 is 25.3 Å². The van der Waals surface area contributed by atoms with Crippen LogP contribution in [0.4, 0.5) is 5.69 Å². The molecule has 0 fully saturated rings. The summed E-state index contributed by atoms with van der Waals surface area (Å²) in [5.74, 6) is 3.16. The molecule has 0 spiro atoms. The number of anilines is 1. The normalized spacial score (nSPS) is 13.5. The van der Waals surface area contributed by atoms with Gasteiger partial charge in [-0.3, -0.25) is 0 Å². The monoisotopic (exact) mass is 497 g/mol. The van der Waals surface area contributed by atoms with Gasteiger partial charge in [-0.15, -0.1) is 24.0 Å². The lowest BCUT2D eigenvalue weighted by Gasteiger charge is -2.11. The van der Waals surface area contributed by atoms with E-state index < -0.39 is 0 Å². The molecule has 1 aliphatic heterocycles. The van der Waals surface area contributed by atoms with Crippen molar-refractivity contribution in [1.82, 2.24) is 0 Å². The minimum Gasteiger partial charge on any atom is -0.492 e. The van der Waals surface area contributed by atoms with E-state index >= 15 is 0 Å². The third kappa shape index (κ3) is 6.47. The molecule has 28 heavy (non-hydrogen) atoms. The van der Waals surface area contributed by atoms with Crippen LogP contribution in [0.1, 0.15) is 31.7 Å². The zero-order valence-corrected chi connectivity index (χ0v) is 18.6. The highest BCUT2D eigenvalue weighted by Crippen LogP contribution is 2.32. The summed E-state index contributed by atoms with van der Waals surface area (Å²) in [5, 5.41) is 3.07. The highest BCUT2D eigenvalue weighted by molar-refractivity contribution is 14.0. The Bertz CT molecular complexity index is 779. The van der Waals surface area contributed by atoms with Gasteiger partial charge in [-0.05, 0) is 35.7 Å². The number of rotatable bonds is 6. The summed E-state index contributed by atoms with van der Waals surface area (Å²) in [7, 11) is 0. The molecule has 0 saturated carbocycles. The summed E-state index contributed by atoms with van der Waals surface area (Å²) in [5.41, 5.74) is 8.06. The highest BCUT2D eigenvalue weighted by atomic mass is 127. The van der Waals surface area contributed by atoms with E-state index in [1.807, 2.05) is 30.3 Å². The van der Waals surface area contributed by atoms with Gasteiger partial charge in [0.25, 0.3) is 0 Å². The number of nitrogens with zero attached hydrogens (tertiary/aromatic N) is 1. The number of hydrogen-bond donors (Lipinski definition) is 2. The van der Waals surface area contributed by atoms with Gasteiger partial charge in [-0.1, -0.05) is 26.0 Å². The molecule has 0 bridgehead atoms. The Hall–Kier alpha value is -2.16. The molecule has 1 aliphatic rings. The lowest BCUT2D eigenvalue weighted by atomic mass is 10.0. The average molecular weight is 497 g/mol. The fourth-order valence-electron chi connectivity index (χ4n) is 2.71. The third-order valence-corrected chi connectivity index (χ3v) is 4.21. The van der Waals surface area contributed by atoms with Gasteiger partial charge in [-0.25, -0.2) is 4.99 Å². The molecule has 6 nitrogen and oxygen atoms in total. The van der Waals surface area contributed by atoms with Crippen molar-refractivity contribution in [2.45, 2.75) is 26.2 Å². The summed E-state index contributed by atoms with van der Waals surface area (Å²) in [6, 6.07) is 13.8. The smallest absolute Gasteiger partial charge is 0.193 e. The molecule has 0 saturated heterocycles. The first kappa shape index (κ1) is 22.1. The molecule has 3 rings (SSSR count). The van der Waals surface area contributed by atoms with Crippen LogP contribution in [0, 0.1) is 0 Å². The number of nitrogens with one attached hydrogen (secondary N) is 1. The van der Waals surface area contributed by atoms with Crippen LogP contribution in [0.15, 0.2) is 47.5 Å². The fraction of sp³-hybridized carbons (Fsp3) is 0.381. The fourth-order valence-corrected chi connectivity index (χ4v) is 2.71. The van der Waals surface area contributed by atoms with Crippen molar-refractivity contribution in [2.24, 2.45) is 10.7 Å². The van der Waals surface area contributed by atoms with Crippen LogP contribution in [0.5, 0.6) is 17.2 Å². The van der Waals surface area contributed by atoms with E-state index in [2.05, 4.69) is 36.3 Å². The molecule has 0 unspecified atom stereocenters. The second-order valence-electron chi connectivity index (χ2n) is 6.68. The van der Waals surface area contributed by atoms with Crippen molar-refractivity contribution >= 4 is 35.6 Å². The van der Waals surface area contributed by atoms with Crippen LogP contribution in [0.25, 0.3) is 0 Å². The van der Waals surface area contributed by atoms with Gasteiger partial charge in [0.15, 0.2) is 17.5 Å². The molecule has 3 N–H and O–H groups in total. The Kier molecular flexibility index (Phi) is 8.69. The van der Waals surface area contributed by atoms with E-state index in [1.165, 1.54) is 5.56 Å². The minimum absolute atomic E-state index is 0. The Morgan fingerprint density at radius 3 is 2.54 bits per heavy atom. The number of fused-ring (bicyclic) bond motifs is 1. The molecule has 7 heteroatoms. The average Bonchev–Trinajstić information content (AvgIpc) is 2.90. The molecular formula is C21H28IN3O3. The van der Waals surface area contributed by atoms with Crippen LogP contribution < -0.4 is 25.3 Å². The molecular weight excluding hydrogens is 469 g/mol. The van der Waals surface area contributed by atoms with Gasteiger partial charge in [0.05, 0.1) is 19.8 Å². The molecule has 0 radical (unpaired) electrons. The zero-order chi connectivity index (χ0) is 19.1. The lowest BCUT2D eigenvalue weighted by molar-refractivity contribution is 0.297. The van der Waals surface area contributed by atoms with E-state index in [4.69, 9.17) is 19.9 Å². The van der Waals surface area contributed by atoms with Crippen molar-refractivity contribution in [3.63, 3.8) is 0 Å².